The third-order valence-corrected chi connectivity index (χ3v) is 3.98. The number of carbonyl (C=O) groups is 1. The Hall–Kier alpha value is -3.85. The van der Waals surface area contributed by atoms with Crippen molar-refractivity contribution in [3.05, 3.63) is 77.7 Å². The number of ether oxygens (including phenoxy) is 1. The Bertz CT molecular complexity index is 1010. The van der Waals surface area contributed by atoms with Crippen LogP contribution in [0.1, 0.15) is 11.3 Å². The highest BCUT2D eigenvalue weighted by Crippen LogP contribution is 2.19. The van der Waals surface area contributed by atoms with Crippen LogP contribution < -0.4 is 4.90 Å². The van der Waals surface area contributed by atoms with E-state index in [4.69, 9.17) is 9.15 Å². The third kappa shape index (κ3) is 4.65. The average Bonchev–Trinajstić information content (AvgIpc) is 3.20. The van der Waals surface area contributed by atoms with Gasteiger partial charge in [-0.25, -0.2) is 9.78 Å². The van der Waals surface area contributed by atoms with E-state index in [0.29, 0.717) is 11.6 Å². The van der Waals surface area contributed by atoms with E-state index < -0.39 is 5.97 Å². The summed E-state index contributed by atoms with van der Waals surface area (Å²) >= 11 is 0. The summed E-state index contributed by atoms with van der Waals surface area (Å²) < 4.78 is 10.6. The summed E-state index contributed by atoms with van der Waals surface area (Å²) in [5.74, 6) is -0.257. The summed E-state index contributed by atoms with van der Waals surface area (Å²) in [5.41, 5.74) is 2.99. The molecular formula is C22H19N3O3. The number of oxazole rings is 1. The second-order valence-electron chi connectivity index (χ2n) is 6.24. The van der Waals surface area contributed by atoms with Gasteiger partial charge in [0.1, 0.15) is 30.2 Å². The Morgan fingerprint density at radius 1 is 1.18 bits per heavy atom. The van der Waals surface area contributed by atoms with Crippen LogP contribution in [0.2, 0.25) is 0 Å². The molecule has 1 heterocycles. The van der Waals surface area contributed by atoms with Crippen molar-refractivity contribution in [3.8, 4) is 17.5 Å². The molecule has 0 unspecified atom stereocenters. The zero-order valence-electron chi connectivity index (χ0n) is 15.6. The van der Waals surface area contributed by atoms with Crippen LogP contribution >= 0.6 is 0 Å². The van der Waals surface area contributed by atoms with Gasteiger partial charge in [0.05, 0.1) is 0 Å². The first-order valence-corrected chi connectivity index (χ1v) is 8.63. The maximum atomic E-state index is 12.2. The van der Waals surface area contributed by atoms with Crippen molar-refractivity contribution in [2.45, 2.75) is 6.61 Å². The van der Waals surface area contributed by atoms with Crippen LogP contribution in [0.15, 0.2) is 70.9 Å². The van der Waals surface area contributed by atoms with E-state index in [1.165, 1.54) is 12.3 Å². The molecule has 0 aliphatic heterocycles. The van der Waals surface area contributed by atoms with Crippen molar-refractivity contribution < 1.29 is 13.9 Å². The second kappa shape index (κ2) is 8.69. The van der Waals surface area contributed by atoms with Crippen molar-refractivity contribution in [3.63, 3.8) is 0 Å². The molecule has 0 radical (unpaired) electrons. The van der Waals surface area contributed by atoms with Gasteiger partial charge in [-0.05, 0) is 35.9 Å². The van der Waals surface area contributed by atoms with Gasteiger partial charge in [-0.1, -0.05) is 30.3 Å². The van der Waals surface area contributed by atoms with Crippen molar-refractivity contribution in [1.82, 2.24) is 4.98 Å². The van der Waals surface area contributed by atoms with Crippen molar-refractivity contribution in [1.29, 1.82) is 5.26 Å². The minimum absolute atomic E-state index is 0.0756. The first kappa shape index (κ1) is 18.9. The Labute approximate surface area is 163 Å². The fraction of sp³-hybridized carbons (Fsp3) is 0.136. The highest BCUT2D eigenvalue weighted by atomic mass is 16.5. The number of carbonyl (C=O) groups excluding carboxylic acids is 1. The van der Waals surface area contributed by atoms with Crippen LogP contribution in [0.3, 0.4) is 0 Å². The molecule has 0 fully saturated rings. The molecule has 0 saturated carbocycles. The molecule has 2 aromatic carbocycles. The number of nitrogens with zero attached hydrogens (tertiary/aromatic N) is 3. The van der Waals surface area contributed by atoms with Crippen molar-refractivity contribution >= 4 is 17.7 Å². The van der Waals surface area contributed by atoms with Gasteiger partial charge in [0.25, 0.3) is 0 Å². The minimum atomic E-state index is -0.705. The fourth-order valence-corrected chi connectivity index (χ4v) is 2.48. The fourth-order valence-electron chi connectivity index (χ4n) is 2.48. The highest BCUT2D eigenvalue weighted by Gasteiger charge is 2.13. The molecule has 3 rings (SSSR count). The van der Waals surface area contributed by atoms with Gasteiger partial charge in [0.2, 0.25) is 5.89 Å². The molecule has 3 aromatic rings. The Kier molecular flexibility index (Phi) is 5.87. The summed E-state index contributed by atoms with van der Waals surface area (Å²) in [4.78, 5) is 18.5. The lowest BCUT2D eigenvalue weighted by Crippen LogP contribution is -2.08. The van der Waals surface area contributed by atoms with Crippen molar-refractivity contribution in [2.24, 2.45) is 0 Å². The molecule has 0 spiro atoms. The quantitative estimate of drug-likeness (QED) is 0.368. The number of esters is 1. The van der Waals surface area contributed by atoms with Gasteiger partial charge in [0.15, 0.2) is 0 Å². The molecule has 6 heteroatoms. The van der Waals surface area contributed by atoms with Crippen LogP contribution in [0.4, 0.5) is 5.69 Å². The van der Waals surface area contributed by atoms with Gasteiger partial charge in [-0.3, -0.25) is 0 Å². The molecule has 28 heavy (non-hydrogen) atoms. The molecule has 140 valence electrons. The van der Waals surface area contributed by atoms with Crippen LogP contribution in [0.25, 0.3) is 17.5 Å². The van der Waals surface area contributed by atoms with E-state index in [9.17, 15) is 10.1 Å². The molecular weight excluding hydrogens is 354 g/mol. The Balaban J connectivity index is 1.64. The predicted molar refractivity (Wildman–Crippen MR) is 106 cm³/mol. The van der Waals surface area contributed by atoms with Crippen LogP contribution in [-0.2, 0) is 16.1 Å². The normalized spacial score (nSPS) is 11.0. The van der Waals surface area contributed by atoms with E-state index in [1.807, 2.05) is 79.7 Å². The highest BCUT2D eigenvalue weighted by molar-refractivity contribution is 5.97. The SMILES string of the molecule is CN(C)c1ccc(/C=C(\C#N)C(=O)OCc2coc(-c3ccccc3)n2)cc1. The minimum Gasteiger partial charge on any atom is -0.455 e. The van der Waals surface area contributed by atoms with E-state index in [1.54, 1.807) is 0 Å². The predicted octanol–water partition coefficient (Wildman–Crippen LogP) is 4.06. The molecule has 6 nitrogen and oxygen atoms in total. The number of aromatic nitrogens is 1. The molecule has 1 aromatic heterocycles. The summed E-state index contributed by atoms with van der Waals surface area (Å²) in [5, 5.41) is 9.29. The monoisotopic (exact) mass is 373 g/mol. The number of hydrogen-bond acceptors (Lipinski definition) is 6. The number of nitriles is 1. The molecule has 0 aliphatic carbocycles. The topological polar surface area (TPSA) is 79.4 Å². The van der Waals surface area contributed by atoms with Crippen LogP contribution in [0.5, 0.6) is 0 Å². The number of benzene rings is 2. The third-order valence-electron chi connectivity index (χ3n) is 3.98. The van der Waals surface area contributed by atoms with Gasteiger partial charge < -0.3 is 14.1 Å². The first-order chi connectivity index (χ1) is 13.6. The number of rotatable bonds is 6. The average molecular weight is 373 g/mol. The van der Waals surface area contributed by atoms with Gasteiger partial charge in [-0.2, -0.15) is 5.26 Å². The molecule has 0 amide bonds. The van der Waals surface area contributed by atoms with E-state index in [-0.39, 0.29) is 12.2 Å². The number of anilines is 1. The zero-order chi connectivity index (χ0) is 19.9. The summed E-state index contributed by atoms with van der Waals surface area (Å²) in [6.45, 7) is -0.0756. The molecule has 0 saturated heterocycles. The Morgan fingerprint density at radius 2 is 1.89 bits per heavy atom. The maximum absolute atomic E-state index is 12.2. The van der Waals surface area contributed by atoms with Gasteiger partial charge in [-0.15, -0.1) is 0 Å². The first-order valence-electron chi connectivity index (χ1n) is 8.63. The van der Waals surface area contributed by atoms with Gasteiger partial charge >= 0.3 is 5.97 Å². The summed E-state index contributed by atoms with van der Waals surface area (Å²) in [6, 6.07) is 18.8. The van der Waals surface area contributed by atoms with E-state index in [0.717, 1.165) is 16.8 Å². The zero-order valence-corrected chi connectivity index (χ0v) is 15.6. The summed E-state index contributed by atoms with van der Waals surface area (Å²) in [6.07, 6.45) is 2.94. The lowest BCUT2D eigenvalue weighted by atomic mass is 10.1. The second-order valence-corrected chi connectivity index (χ2v) is 6.24. The molecule has 0 bridgehead atoms. The maximum Gasteiger partial charge on any atom is 0.349 e. The van der Waals surface area contributed by atoms with Crippen molar-refractivity contribution in [2.75, 3.05) is 19.0 Å². The summed E-state index contributed by atoms with van der Waals surface area (Å²) in [7, 11) is 3.88. The lowest BCUT2D eigenvalue weighted by Gasteiger charge is -2.11. The molecule has 0 N–H and O–H groups in total. The standard InChI is InChI=1S/C22H19N3O3/c1-25(2)20-10-8-16(9-11-20)12-18(13-23)22(26)28-15-19-14-27-21(24-19)17-6-4-3-5-7-17/h3-12,14H,15H2,1-2H3/b18-12+. The van der Waals surface area contributed by atoms with E-state index >= 15 is 0 Å². The molecule has 0 aliphatic rings. The van der Waals surface area contributed by atoms with E-state index in [2.05, 4.69) is 4.98 Å². The lowest BCUT2D eigenvalue weighted by molar-refractivity contribution is -0.139. The molecule has 0 atom stereocenters. The smallest absolute Gasteiger partial charge is 0.349 e. The number of hydrogen-bond donors (Lipinski definition) is 0. The Morgan fingerprint density at radius 3 is 2.54 bits per heavy atom. The van der Waals surface area contributed by atoms with Gasteiger partial charge in [0, 0.05) is 25.3 Å². The van der Waals surface area contributed by atoms with Crippen LogP contribution in [0, 0.1) is 11.3 Å². The largest absolute Gasteiger partial charge is 0.455 e. The van der Waals surface area contributed by atoms with Crippen LogP contribution in [-0.4, -0.2) is 25.0 Å².